The third kappa shape index (κ3) is 2.32. The molecular formula is C23H18N2O6. The molecule has 0 aromatic heterocycles. The predicted molar refractivity (Wildman–Crippen MR) is 108 cm³/mol. The van der Waals surface area contributed by atoms with E-state index in [4.69, 9.17) is 14.2 Å². The van der Waals surface area contributed by atoms with Gasteiger partial charge in [0.25, 0.3) is 0 Å². The van der Waals surface area contributed by atoms with Crippen LogP contribution in [-0.2, 0) is 19.1 Å². The van der Waals surface area contributed by atoms with Gasteiger partial charge in [-0.2, -0.15) is 0 Å². The van der Waals surface area contributed by atoms with E-state index in [9.17, 15) is 14.4 Å². The summed E-state index contributed by atoms with van der Waals surface area (Å²) < 4.78 is 15.8. The van der Waals surface area contributed by atoms with Crippen LogP contribution in [0.3, 0.4) is 0 Å². The minimum atomic E-state index is -0.875. The number of amides is 2. The highest BCUT2D eigenvalue weighted by Gasteiger charge is 2.65. The normalized spacial score (nSPS) is 27.3. The van der Waals surface area contributed by atoms with Crippen molar-refractivity contribution >= 4 is 29.5 Å². The fraction of sp³-hybridized carbons (Fsp3) is 0.261. The molecule has 156 valence electrons. The van der Waals surface area contributed by atoms with Gasteiger partial charge in [0.05, 0.1) is 30.7 Å². The number of anilines is 1. The highest BCUT2D eigenvalue weighted by molar-refractivity contribution is 6.24. The van der Waals surface area contributed by atoms with Crippen molar-refractivity contribution < 1.29 is 28.6 Å². The first-order valence-corrected chi connectivity index (χ1v) is 10.00. The van der Waals surface area contributed by atoms with Gasteiger partial charge in [-0.15, -0.1) is 0 Å². The molecule has 2 amide bonds. The molecule has 8 heteroatoms. The van der Waals surface area contributed by atoms with E-state index >= 15 is 0 Å². The Morgan fingerprint density at radius 1 is 1.03 bits per heavy atom. The van der Waals surface area contributed by atoms with Crippen molar-refractivity contribution in [1.82, 2.24) is 4.90 Å². The van der Waals surface area contributed by atoms with Crippen LogP contribution in [0.25, 0.3) is 6.08 Å². The van der Waals surface area contributed by atoms with Crippen molar-refractivity contribution in [2.75, 3.05) is 18.8 Å². The summed E-state index contributed by atoms with van der Waals surface area (Å²) in [5.41, 5.74) is 2.29. The van der Waals surface area contributed by atoms with Crippen LogP contribution in [-0.4, -0.2) is 42.6 Å². The molecule has 2 aromatic rings. The van der Waals surface area contributed by atoms with Gasteiger partial charge < -0.3 is 19.1 Å². The van der Waals surface area contributed by atoms with Gasteiger partial charge in [0.2, 0.25) is 18.6 Å². The van der Waals surface area contributed by atoms with Crippen LogP contribution < -0.4 is 14.4 Å². The zero-order valence-electron chi connectivity index (χ0n) is 16.6. The zero-order valence-corrected chi connectivity index (χ0v) is 16.6. The van der Waals surface area contributed by atoms with Gasteiger partial charge in [-0.05, 0) is 29.3 Å². The van der Waals surface area contributed by atoms with E-state index in [0.29, 0.717) is 17.2 Å². The third-order valence-corrected chi connectivity index (χ3v) is 6.52. The number of hydrogen-bond acceptors (Lipinski definition) is 7. The molecular weight excluding hydrogens is 400 g/mol. The second-order valence-corrected chi connectivity index (χ2v) is 7.91. The Morgan fingerprint density at radius 2 is 1.81 bits per heavy atom. The summed E-state index contributed by atoms with van der Waals surface area (Å²) in [6.45, 7) is 0.0937. The molecule has 0 spiro atoms. The molecule has 31 heavy (non-hydrogen) atoms. The number of esters is 1. The quantitative estimate of drug-likeness (QED) is 0.545. The number of carbonyl (C=O) groups is 3. The zero-order chi connectivity index (χ0) is 21.3. The average Bonchev–Trinajstić information content (AvgIpc) is 3.46. The van der Waals surface area contributed by atoms with Crippen LogP contribution in [0.5, 0.6) is 11.5 Å². The number of fused-ring (bicyclic) bond motifs is 6. The fourth-order valence-corrected chi connectivity index (χ4v) is 5.23. The number of hydrogen-bond donors (Lipinski definition) is 0. The van der Waals surface area contributed by atoms with Crippen molar-refractivity contribution in [2.45, 2.75) is 12.1 Å². The van der Waals surface area contributed by atoms with Crippen LogP contribution in [0.2, 0.25) is 0 Å². The number of rotatable bonds is 2. The van der Waals surface area contributed by atoms with E-state index in [-0.39, 0.29) is 12.7 Å². The van der Waals surface area contributed by atoms with Crippen LogP contribution in [0.15, 0.2) is 48.7 Å². The van der Waals surface area contributed by atoms with Crippen molar-refractivity contribution in [3.63, 3.8) is 0 Å². The van der Waals surface area contributed by atoms with Gasteiger partial charge in [0.1, 0.15) is 6.04 Å². The third-order valence-electron chi connectivity index (χ3n) is 6.52. The molecule has 2 fully saturated rings. The summed E-state index contributed by atoms with van der Waals surface area (Å²) >= 11 is 0. The van der Waals surface area contributed by atoms with Crippen molar-refractivity contribution in [2.24, 2.45) is 11.8 Å². The first kappa shape index (κ1) is 18.0. The Balaban J connectivity index is 1.47. The molecule has 4 aliphatic rings. The largest absolute Gasteiger partial charge is 0.467 e. The Bertz CT molecular complexity index is 1170. The minimum absolute atomic E-state index is 0.0937. The summed E-state index contributed by atoms with van der Waals surface area (Å²) in [5.74, 6) is -1.78. The molecule has 0 saturated carbocycles. The SMILES string of the molecule is COC(=O)[C@@H]1[C@@H]2C(=O)N(c3ccc4c(c3)OCO4)C(=O)[C@@H]2[C@H]2c3ccccc3C=CN12. The van der Waals surface area contributed by atoms with Gasteiger partial charge in [-0.1, -0.05) is 24.3 Å². The molecule has 0 radical (unpaired) electrons. The number of benzene rings is 2. The Kier molecular flexibility index (Phi) is 3.68. The standard InChI is InChI=1S/C23H18N2O6/c1-29-23(28)20-18-17(19-14-5-3-2-4-12(14)8-9-24(19)20)21(26)25(22(18)27)13-6-7-15-16(10-13)31-11-30-15/h2-10,17-20H,11H2,1H3/t17-,18+,19+,20-/m0/s1. The van der Waals surface area contributed by atoms with E-state index in [2.05, 4.69) is 0 Å². The number of methoxy groups -OCH3 is 1. The summed E-state index contributed by atoms with van der Waals surface area (Å²) in [4.78, 5) is 42.9. The maximum atomic E-state index is 13.6. The van der Waals surface area contributed by atoms with E-state index in [0.717, 1.165) is 11.1 Å². The lowest BCUT2D eigenvalue weighted by Crippen LogP contribution is -2.44. The predicted octanol–water partition coefficient (Wildman–Crippen LogP) is 2.10. The molecule has 8 nitrogen and oxygen atoms in total. The number of ether oxygens (including phenoxy) is 3. The fourth-order valence-electron chi connectivity index (χ4n) is 5.23. The second kappa shape index (κ2) is 6.34. The number of nitrogens with zero attached hydrogens (tertiary/aromatic N) is 2. The van der Waals surface area contributed by atoms with Gasteiger partial charge in [-0.25, -0.2) is 9.69 Å². The summed E-state index contributed by atoms with van der Waals surface area (Å²) in [6.07, 6.45) is 3.69. The summed E-state index contributed by atoms with van der Waals surface area (Å²) in [6, 6.07) is 11.4. The van der Waals surface area contributed by atoms with E-state index in [1.165, 1.54) is 12.0 Å². The lowest BCUT2D eigenvalue weighted by molar-refractivity contribution is -0.148. The van der Waals surface area contributed by atoms with Crippen molar-refractivity contribution in [3.05, 3.63) is 59.8 Å². The summed E-state index contributed by atoms with van der Waals surface area (Å²) in [7, 11) is 1.29. The summed E-state index contributed by atoms with van der Waals surface area (Å²) in [5, 5.41) is 0. The van der Waals surface area contributed by atoms with Gasteiger partial charge in [-0.3, -0.25) is 9.59 Å². The lowest BCUT2D eigenvalue weighted by Gasteiger charge is -2.34. The Morgan fingerprint density at radius 3 is 2.65 bits per heavy atom. The molecule has 4 heterocycles. The average molecular weight is 418 g/mol. The molecule has 2 aromatic carbocycles. The lowest BCUT2D eigenvalue weighted by atomic mass is 9.84. The molecule has 2 saturated heterocycles. The number of imide groups is 1. The first-order valence-electron chi connectivity index (χ1n) is 10.00. The van der Waals surface area contributed by atoms with Gasteiger partial charge in [0, 0.05) is 12.3 Å². The highest BCUT2D eigenvalue weighted by atomic mass is 16.7. The van der Waals surface area contributed by atoms with Gasteiger partial charge >= 0.3 is 5.97 Å². The monoisotopic (exact) mass is 418 g/mol. The van der Waals surface area contributed by atoms with Crippen LogP contribution in [0.1, 0.15) is 17.2 Å². The van der Waals surface area contributed by atoms with Crippen LogP contribution >= 0.6 is 0 Å². The first-order chi connectivity index (χ1) is 15.1. The Hall–Kier alpha value is -3.81. The van der Waals surface area contributed by atoms with Gasteiger partial charge in [0.15, 0.2) is 11.5 Å². The van der Waals surface area contributed by atoms with E-state index in [1.807, 2.05) is 30.3 Å². The van der Waals surface area contributed by atoms with E-state index in [1.54, 1.807) is 29.3 Å². The van der Waals surface area contributed by atoms with Crippen LogP contribution in [0.4, 0.5) is 5.69 Å². The van der Waals surface area contributed by atoms with E-state index < -0.39 is 35.8 Å². The van der Waals surface area contributed by atoms with Crippen molar-refractivity contribution in [3.8, 4) is 11.5 Å². The topological polar surface area (TPSA) is 85.4 Å². The molecule has 0 bridgehead atoms. The molecule has 0 unspecified atom stereocenters. The molecule has 4 atom stereocenters. The molecule has 0 N–H and O–H groups in total. The maximum Gasteiger partial charge on any atom is 0.329 e. The Labute approximate surface area is 177 Å². The minimum Gasteiger partial charge on any atom is -0.467 e. The number of carbonyl (C=O) groups excluding carboxylic acids is 3. The molecule has 4 aliphatic heterocycles. The smallest absolute Gasteiger partial charge is 0.329 e. The highest BCUT2D eigenvalue weighted by Crippen LogP contribution is 2.53. The molecule has 0 aliphatic carbocycles. The van der Waals surface area contributed by atoms with Crippen LogP contribution in [0, 0.1) is 11.8 Å². The van der Waals surface area contributed by atoms with Crippen molar-refractivity contribution in [1.29, 1.82) is 0 Å². The second-order valence-electron chi connectivity index (χ2n) is 7.91. The maximum absolute atomic E-state index is 13.6. The molecule has 6 rings (SSSR count).